The van der Waals surface area contributed by atoms with Crippen molar-refractivity contribution < 1.29 is 43.9 Å². The number of carbonyl (C=O) groups is 2. The second-order valence-corrected chi connectivity index (χ2v) is 14.6. The molecule has 3 aliphatic rings. The lowest BCUT2D eigenvalue weighted by Gasteiger charge is -2.47. The maximum atomic E-state index is 13.0. The Labute approximate surface area is 299 Å². The third-order valence-electron chi connectivity index (χ3n) is 9.79. The Morgan fingerprint density at radius 3 is 2.66 bits per heavy atom. The van der Waals surface area contributed by atoms with Gasteiger partial charge < -0.3 is 34.3 Å². The first-order chi connectivity index (χ1) is 23.8. The van der Waals surface area contributed by atoms with Crippen LogP contribution in [0.15, 0.2) is 84.6 Å². The molecule has 0 amide bonds. The van der Waals surface area contributed by atoms with E-state index in [1.54, 1.807) is 18.2 Å². The van der Waals surface area contributed by atoms with Crippen molar-refractivity contribution >= 4 is 11.9 Å². The Morgan fingerprint density at radius 1 is 1.14 bits per heavy atom. The smallest absolute Gasteiger partial charge is 0.335 e. The zero-order valence-corrected chi connectivity index (χ0v) is 30.6. The highest BCUT2D eigenvalue weighted by Crippen LogP contribution is 2.41. The number of fused-ring (bicyclic) bond motifs is 4. The Kier molecular flexibility index (Phi) is 17.1. The monoisotopic (exact) mass is 696 g/mol. The topological polar surface area (TPSA) is 132 Å². The molecule has 4 bridgehead atoms. The number of aliphatic hydroxyl groups is 3. The highest BCUT2D eigenvalue weighted by Gasteiger charge is 2.49. The molecule has 0 aromatic carbocycles. The molecule has 50 heavy (non-hydrogen) atoms. The van der Waals surface area contributed by atoms with E-state index in [4.69, 9.17) is 18.9 Å². The quantitative estimate of drug-likeness (QED) is 0.166. The lowest BCUT2D eigenvalue weighted by molar-refractivity contribution is -0.198. The van der Waals surface area contributed by atoms with E-state index in [0.717, 1.165) is 24.0 Å². The number of hydrogen-bond acceptors (Lipinski definition) is 9. The van der Waals surface area contributed by atoms with Crippen LogP contribution < -0.4 is 0 Å². The van der Waals surface area contributed by atoms with Gasteiger partial charge in [0.05, 0.1) is 42.5 Å². The summed E-state index contributed by atoms with van der Waals surface area (Å²) >= 11 is 0. The fourth-order valence-corrected chi connectivity index (χ4v) is 6.27. The highest BCUT2D eigenvalue weighted by molar-refractivity contribution is 5.82. The van der Waals surface area contributed by atoms with Crippen LogP contribution in [0.4, 0.5) is 0 Å². The van der Waals surface area contributed by atoms with Gasteiger partial charge in [-0.3, -0.25) is 0 Å². The number of ether oxygens (including phenoxy) is 4. The molecule has 9 heteroatoms. The minimum absolute atomic E-state index is 0.0218. The van der Waals surface area contributed by atoms with Crippen LogP contribution >= 0.6 is 0 Å². The first-order valence-electron chi connectivity index (χ1n) is 18.1. The van der Waals surface area contributed by atoms with Crippen molar-refractivity contribution in [2.24, 2.45) is 17.3 Å². The van der Waals surface area contributed by atoms with E-state index in [1.165, 1.54) is 6.08 Å². The average molecular weight is 697 g/mol. The zero-order chi connectivity index (χ0) is 36.7. The summed E-state index contributed by atoms with van der Waals surface area (Å²) in [4.78, 5) is 25.3. The summed E-state index contributed by atoms with van der Waals surface area (Å²) in [6.45, 7) is 13.9. The molecule has 278 valence electrons. The second kappa shape index (κ2) is 20.7. The van der Waals surface area contributed by atoms with Gasteiger partial charge >= 0.3 is 11.9 Å². The number of carbonyl (C=O) groups excluding carboxylic acids is 2. The standard InChI is InChI=1S/C41H60O9/c1-28(2)21-22-30(4)26-47-40(46)34(43)18-13-14-19-37-41(6,27-42)38-25-33(49-37)17-10-7-9-15-29(3)23-36-31(5)35(44)24-32(48-36)16-11-8-12-20-39(45)50-38/h8-15,17,20,23,28,31-38,42-44H,4,7,16,18-19,21-22,24-27H2,1-3,5-6H3/b11-8+,14-13+,15-9+,17-10-,20-12+,29-23+/t31-,32+,33-,34?,35+,36-,37+,38-,41+/m1/s1. The number of rotatable bonds is 11. The number of aliphatic hydroxyl groups excluding tert-OH is 3. The van der Waals surface area contributed by atoms with E-state index in [-0.39, 0.29) is 43.9 Å². The minimum atomic E-state index is -1.31. The molecular weight excluding hydrogens is 636 g/mol. The molecule has 3 rings (SSSR count). The molecule has 2 saturated heterocycles. The van der Waals surface area contributed by atoms with Gasteiger partial charge in [0.2, 0.25) is 0 Å². The van der Waals surface area contributed by atoms with E-state index in [2.05, 4.69) is 26.5 Å². The van der Waals surface area contributed by atoms with Crippen LogP contribution in [-0.2, 0) is 28.5 Å². The van der Waals surface area contributed by atoms with E-state index >= 15 is 0 Å². The Balaban J connectivity index is 1.71. The van der Waals surface area contributed by atoms with Gasteiger partial charge in [-0.15, -0.1) is 0 Å². The van der Waals surface area contributed by atoms with Crippen LogP contribution in [0.1, 0.15) is 86.0 Å². The predicted molar refractivity (Wildman–Crippen MR) is 195 cm³/mol. The zero-order valence-electron chi connectivity index (χ0n) is 30.6. The molecule has 0 radical (unpaired) electrons. The fourth-order valence-electron chi connectivity index (χ4n) is 6.27. The van der Waals surface area contributed by atoms with Gasteiger partial charge in [-0.1, -0.05) is 101 Å². The third-order valence-corrected chi connectivity index (χ3v) is 9.79. The largest absolute Gasteiger partial charge is 0.459 e. The van der Waals surface area contributed by atoms with Crippen molar-refractivity contribution in [3.63, 3.8) is 0 Å². The molecule has 0 aromatic heterocycles. The van der Waals surface area contributed by atoms with Crippen LogP contribution in [-0.4, -0.2) is 83.2 Å². The van der Waals surface area contributed by atoms with Crippen molar-refractivity contribution in [3.05, 3.63) is 84.6 Å². The normalized spacial score (nSPS) is 35.3. The number of esters is 2. The summed E-state index contributed by atoms with van der Waals surface area (Å²) in [7, 11) is 0. The molecule has 9 atom stereocenters. The summed E-state index contributed by atoms with van der Waals surface area (Å²) in [5.41, 5.74) is 0.954. The van der Waals surface area contributed by atoms with Gasteiger partial charge in [0, 0.05) is 31.3 Å². The third kappa shape index (κ3) is 13.2. The first-order valence-corrected chi connectivity index (χ1v) is 18.1. The summed E-state index contributed by atoms with van der Waals surface area (Å²) < 4.78 is 23.9. The molecule has 3 heterocycles. The maximum absolute atomic E-state index is 13.0. The van der Waals surface area contributed by atoms with Crippen molar-refractivity contribution in [2.75, 3.05) is 13.2 Å². The molecular formula is C41H60O9. The molecule has 2 fully saturated rings. The van der Waals surface area contributed by atoms with Crippen molar-refractivity contribution in [2.45, 2.75) is 129 Å². The lowest BCUT2D eigenvalue weighted by Crippen LogP contribution is -2.55. The molecule has 1 unspecified atom stereocenters. The highest BCUT2D eigenvalue weighted by atomic mass is 16.6. The van der Waals surface area contributed by atoms with Gasteiger partial charge in [-0.25, -0.2) is 9.59 Å². The first kappa shape index (κ1) is 41.3. The minimum Gasteiger partial charge on any atom is -0.459 e. The molecule has 0 aliphatic carbocycles. The Morgan fingerprint density at radius 2 is 1.92 bits per heavy atom. The van der Waals surface area contributed by atoms with Crippen LogP contribution in [0.5, 0.6) is 0 Å². The van der Waals surface area contributed by atoms with Crippen molar-refractivity contribution in [1.29, 1.82) is 0 Å². The summed E-state index contributed by atoms with van der Waals surface area (Å²) in [6, 6.07) is 0. The summed E-state index contributed by atoms with van der Waals surface area (Å²) in [5.74, 6) is -0.720. The Hall–Kier alpha value is -3.08. The molecule has 0 saturated carbocycles. The van der Waals surface area contributed by atoms with Crippen LogP contribution in [0.2, 0.25) is 0 Å². The Bertz CT molecular complexity index is 1290. The molecule has 0 spiro atoms. The summed E-state index contributed by atoms with van der Waals surface area (Å²) in [6.07, 6.45) is 21.0. The molecule has 3 aliphatic heterocycles. The van der Waals surface area contributed by atoms with Crippen molar-refractivity contribution in [3.8, 4) is 0 Å². The van der Waals surface area contributed by atoms with Gasteiger partial charge in [0.1, 0.15) is 12.7 Å². The van der Waals surface area contributed by atoms with Gasteiger partial charge in [0.25, 0.3) is 0 Å². The van der Waals surface area contributed by atoms with Crippen molar-refractivity contribution in [1.82, 2.24) is 0 Å². The summed E-state index contributed by atoms with van der Waals surface area (Å²) in [5, 5.41) is 31.6. The molecule has 0 aromatic rings. The van der Waals surface area contributed by atoms with E-state index in [1.807, 2.05) is 57.2 Å². The fraction of sp³-hybridized carbons (Fsp3) is 0.610. The SMILES string of the molecule is C=C(CCC(C)C)COC(=O)C(O)C/C=C/C[C@@H]1O[C@@H]2/C=C\C/C=C/C(C)=C/[C@H]3O[C@@H](C/C=C/C=C/C(=O)O[C@H](C2)[C@@]1(C)CO)C[C@H](O)[C@H]3C. The average Bonchev–Trinajstić information content (AvgIpc) is 3.07. The van der Waals surface area contributed by atoms with Crippen LogP contribution in [0.3, 0.4) is 0 Å². The van der Waals surface area contributed by atoms with E-state index in [0.29, 0.717) is 38.0 Å². The number of hydrogen-bond donors (Lipinski definition) is 3. The van der Waals surface area contributed by atoms with E-state index in [9.17, 15) is 24.9 Å². The van der Waals surface area contributed by atoms with Gasteiger partial charge in [-0.2, -0.15) is 0 Å². The van der Waals surface area contributed by atoms with E-state index < -0.39 is 41.8 Å². The maximum Gasteiger partial charge on any atom is 0.335 e. The second-order valence-electron chi connectivity index (χ2n) is 14.6. The van der Waals surface area contributed by atoms with Gasteiger partial charge in [0.15, 0.2) is 6.10 Å². The van der Waals surface area contributed by atoms with Crippen LogP contribution in [0.25, 0.3) is 0 Å². The lowest BCUT2D eigenvalue weighted by atomic mass is 9.73. The molecule has 3 N–H and O–H groups in total. The predicted octanol–water partition coefficient (Wildman–Crippen LogP) is 6.41. The number of allylic oxidation sites excluding steroid dienone is 6. The van der Waals surface area contributed by atoms with Crippen LogP contribution in [0, 0.1) is 17.3 Å². The molecule has 9 nitrogen and oxygen atoms in total. The van der Waals surface area contributed by atoms with Gasteiger partial charge in [-0.05, 0) is 50.5 Å².